The van der Waals surface area contributed by atoms with Gasteiger partial charge in [0.1, 0.15) is 11.5 Å². The van der Waals surface area contributed by atoms with Crippen LogP contribution in [0.3, 0.4) is 0 Å². The van der Waals surface area contributed by atoms with Gasteiger partial charge in [-0.2, -0.15) is 0 Å². The predicted molar refractivity (Wildman–Crippen MR) is 88.3 cm³/mol. The summed E-state index contributed by atoms with van der Waals surface area (Å²) in [7, 11) is 0. The second kappa shape index (κ2) is 6.53. The highest BCUT2D eigenvalue weighted by molar-refractivity contribution is 5.21. The summed E-state index contributed by atoms with van der Waals surface area (Å²) in [5.74, 6) is 2.90. The van der Waals surface area contributed by atoms with Gasteiger partial charge < -0.3 is 9.73 Å². The minimum absolute atomic E-state index is 0.140. The maximum absolute atomic E-state index is 5.99. The van der Waals surface area contributed by atoms with Gasteiger partial charge in [0, 0.05) is 23.7 Å². The number of hydrogen-bond donors (Lipinski definition) is 1. The molecule has 2 heterocycles. The molecule has 0 aliphatic carbocycles. The Bertz CT molecular complexity index is 456. The molecular weight excluding hydrogens is 260 g/mol. The topological polar surface area (TPSA) is 28.4 Å². The Morgan fingerprint density at radius 2 is 2.10 bits per heavy atom. The van der Waals surface area contributed by atoms with E-state index in [4.69, 9.17) is 4.42 Å². The zero-order chi connectivity index (χ0) is 15.6. The van der Waals surface area contributed by atoms with Crippen LogP contribution < -0.4 is 5.32 Å². The second-order valence-corrected chi connectivity index (χ2v) is 7.82. The molecular formula is C18H32N2O. The van der Waals surface area contributed by atoms with E-state index in [-0.39, 0.29) is 5.54 Å². The standard InChI is InChI=1S/C18H32N2O/c1-13(2)17-8-7-9-20(17)12-16-10-15(14(3)21-16)11-19-18(4,5)6/h10,13,17,19H,7-9,11-12H2,1-6H3. The lowest BCUT2D eigenvalue weighted by molar-refractivity contribution is 0.184. The second-order valence-electron chi connectivity index (χ2n) is 7.82. The number of nitrogens with one attached hydrogen (secondary N) is 1. The van der Waals surface area contributed by atoms with Crippen LogP contribution in [0.15, 0.2) is 10.5 Å². The van der Waals surface area contributed by atoms with Gasteiger partial charge in [0.05, 0.1) is 6.54 Å². The minimum Gasteiger partial charge on any atom is -0.465 e. The lowest BCUT2D eigenvalue weighted by Crippen LogP contribution is -2.35. The van der Waals surface area contributed by atoms with Crippen molar-refractivity contribution in [1.82, 2.24) is 10.2 Å². The molecule has 1 aliphatic heterocycles. The predicted octanol–water partition coefficient (Wildman–Crippen LogP) is 4.10. The van der Waals surface area contributed by atoms with Crippen LogP contribution in [0, 0.1) is 12.8 Å². The van der Waals surface area contributed by atoms with Crippen molar-refractivity contribution < 1.29 is 4.42 Å². The third-order valence-electron chi connectivity index (χ3n) is 4.42. The van der Waals surface area contributed by atoms with Crippen LogP contribution >= 0.6 is 0 Å². The van der Waals surface area contributed by atoms with Crippen molar-refractivity contribution in [1.29, 1.82) is 0 Å². The van der Waals surface area contributed by atoms with Crippen molar-refractivity contribution in [3.05, 3.63) is 23.2 Å². The summed E-state index contributed by atoms with van der Waals surface area (Å²) in [5.41, 5.74) is 1.43. The number of nitrogens with zero attached hydrogens (tertiary/aromatic N) is 1. The van der Waals surface area contributed by atoms with Gasteiger partial charge in [-0.05, 0) is 59.1 Å². The quantitative estimate of drug-likeness (QED) is 0.886. The number of rotatable bonds is 5. The highest BCUT2D eigenvalue weighted by Gasteiger charge is 2.27. The average Bonchev–Trinajstić information content (AvgIpc) is 2.93. The van der Waals surface area contributed by atoms with Crippen molar-refractivity contribution in [2.24, 2.45) is 5.92 Å². The van der Waals surface area contributed by atoms with Crippen LogP contribution in [0.4, 0.5) is 0 Å². The highest BCUT2D eigenvalue weighted by Crippen LogP contribution is 2.27. The fraction of sp³-hybridized carbons (Fsp3) is 0.778. The molecule has 1 aromatic rings. The van der Waals surface area contributed by atoms with Crippen molar-refractivity contribution >= 4 is 0 Å². The molecule has 1 unspecified atom stereocenters. The molecule has 3 nitrogen and oxygen atoms in total. The molecule has 1 atom stereocenters. The molecule has 1 aliphatic rings. The van der Waals surface area contributed by atoms with Gasteiger partial charge in [0.25, 0.3) is 0 Å². The van der Waals surface area contributed by atoms with Crippen LogP contribution in [0.25, 0.3) is 0 Å². The van der Waals surface area contributed by atoms with Gasteiger partial charge in [0.2, 0.25) is 0 Å². The van der Waals surface area contributed by atoms with Gasteiger partial charge in [-0.1, -0.05) is 13.8 Å². The van der Waals surface area contributed by atoms with E-state index in [1.165, 1.54) is 24.9 Å². The van der Waals surface area contributed by atoms with Gasteiger partial charge in [-0.15, -0.1) is 0 Å². The Morgan fingerprint density at radius 1 is 1.38 bits per heavy atom. The number of furan rings is 1. The highest BCUT2D eigenvalue weighted by atomic mass is 16.3. The van der Waals surface area contributed by atoms with Crippen LogP contribution in [-0.2, 0) is 13.1 Å². The lowest BCUT2D eigenvalue weighted by Gasteiger charge is -2.26. The smallest absolute Gasteiger partial charge is 0.118 e. The van der Waals surface area contributed by atoms with E-state index in [9.17, 15) is 0 Å². The molecule has 0 spiro atoms. The van der Waals surface area contributed by atoms with E-state index in [2.05, 4.69) is 57.8 Å². The Balaban J connectivity index is 1.98. The molecule has 1 N–H and O–H groups in total. The fourth-order valence-corrected chi connectivity index (χ4v) is 3.20. The summed E-state index contributed by atoms with van der Waals surface area (Å²) in [6, 6.07) is 2.95. The van der Waals surface area contributed by atoms with E-state index < -0.39 is 0 Å². The molecule has 21 heavy (non-hydrogen) atoms. The molecule has 1 fully saturated rings. The minimum atomic E-state index is 0.140. The number of aryl methyl sites for hydroxylation is 1. The summed E-state index contributed by atoms with van der Waals surface area (Å²) in [5, 5.41) is 3.54. The summed E-state index contributed by atoms with van der Waals surface area (Å²) in [4.78, 5) is 2.59. The largest absolute Gasteiger partial charge is 0.465 e. The maximum atomic E-state index is 5.99. The zero-order valence-corrected chi connectivity index (χ0v) is 14.6. The van der Waals surface area contributed by atoms with E-state index in [0.29, 0.717) is 6.04 Å². The van der Waals surface area contributed by atoms with Gasteiger partial charge in [-0.25, -0.2) is 0 Å². The third kappa shape index (κ3) is 4.58. The van der Waals surface area contributed by atoms with Crippen LogP contribution in [0.5, 0.6) is 0 Å². The Labute approximate surface area is 130 Å². The molecule has 0 aromatic carbocycles. The molecule has 1 aromatic heterocycles. The summed E-state index contributed by atoms with van der Waals surface area (Å²) >= 11 is 0. The molecule has 0 saturated carbocycles. The van der Waals surface area contributed by atoms with Gasteiger partial charge in [-0.3, -0.25) is 4.90 Å². The molecule has 0 amide bonds. The fourth-order valence-electron chi connectivity index (χ4n) is 3.20. The summed E-state index contributed by atoms with van der Waals surface area (Å²) in [6.07, 6.45) is 2.65. The van der Waals surface area contributed by atoms with E-state index in [0.717, 1.165) is 30.5 Å². The van der Waals surface area contributed by atoms with Crippen molar-refractivity contribution in [2.75, 3.05) is 6.54 Å². The normalized spacial score (nSPS) is 20.6. The first-order valence-electron chi connectivity index (χ1n) is 8.33. The summed E-state index contributed by atoms with van der Waals surface area (Å²) in [6.45, 7) is 16.4. The third-order valence-corrected chi connectivity index (χ3v) is 4.42. The average molecular weight is 292 g/mol. The first kappa shape index (κ1) is 16.6. The Hall–Kier alpha value is -0.800. The van der Waals surface area contributed by atoms with Gasteiger partial charge >= 0.3 is 0 Å². The molecule has 2 rings (SSSR count). The van der Waals surface area contributed by atoms with Crippen molar-refractivity contribution in [3.8, 4) is 0 Å². The first-order valence-corrected chi connectivity index (χ1v) is 8.33. The zero-order valence-electron chi connectivity index (χ0n) is 14.6. The number of hydrogen-bond acceptors (Lipinski definition) is 3. The lowest BCUT2D eigenvalue weighted by atomic mass is 10.0. The Kier molecular flexibility index (Phi) is 5.15. The van der Waals surface area contributed by atoms with Crippen LogP contribution in [0.2, 0.25) is 0 Å². The maximum Gasteiger partial charge on any atom is 0.118 e. The SMILES string of the molecule is Cc1oc(CN2CCCC2C(C)C)cc1CNC(C)(C)C. The molecule has 120 valence electrons. The van der Waals surface area contributed by atoms with E-state index in [1.54, 1.807) is 0 Å². The molecule has 3 heteroatoms. The van der Waals surface area contributed by atoms with E-state index in [1.807, 2.05) is 0 Å². The Morgan fingerprint density at radius 3 is 2.71 bits per heavy atom. The van der Waals surface area contributed by atoms with Gasteiger partial charge in [0.15, 0.2) is 0 Å². The van der Waals surface area contributed by atoms with Crippen LogP contribution in [-0.4, -0.2) is 23.0 Å². The van der Waals surface area contributed by atoms with Crippen molar-refractivity contribution in [3.63, 3.8) is 0 Å². The number of likely N-dealkylation sites (tertiary alicyclic amines) is 1. The van der Waals surface area contributed by atoms with E-state index >= 15 is 0 Å². The summed E-state index contributed by atoms with van der Waals surface area (Å²) < 4.78 is 5.99. The first-order chi connectivity index (χ1) is 9.76. The van der Waals surface area contributed by atoms with Crippen LogP contribution in [0.1, 0.15) is 64.5 Å². The monoisotopic (exact) mass is 292 g/mol. The molecule has 0 radical (unpaired) electrons. The van der Waals surface area contributed by atoms with Crippen molar-refractivity contribution in [2.45, 2.75) is 79.1 Å². The molecule has 0 bridgehead atoms. The molecule has 1 saturated heterocycles.